The third-order valence-corrected chi connectivity index (χ3v) is 4.31. The molecule has 1 atom stereocenters. The molecule has 1 aliphatic rings. The third kappa shape index (κ3) is 1.83. The van der Waals surface area contributed by atoms with Crippen LogP contribution in [-0.4, -0.2) is 22.0 Å². The van der Waals surface area contributed by atoms with E-state index >= 15 is 0 Å². The Balaban J connectivity index is 2.23. The van der Waals surface area contributed by atoms with E-state index in [1.54, 1.807) is 12.1 Å². The van der Waals surface area contributed by atoms with Crippen LogP contribution in [0, 0.1) is 0 Å². The summed E-state index contributed by atoms with van der Waals surface area (Å²) in [5.74, 6) is 0.329. The fraction of sp³-hybridized carbons (Fsp3) is 0.455. The van der Waals surface area contributed by atoms with Crippen LogP contribution in [0.4, 0.5) is 0 Å². The highest BCUT2D eigenvalue weighted by molar-refractivity contribution is 6.14. The van der Waals surface area contributed by atoms with E-state index in [0.29, 0.717) is 5.75 Å². The zero-order chi connectivity index (χ0) is 10.0. The van der Waals surface area contributed by atoms with Gasteiger partial charge in [-0.15, -0.1) is 0 Å². The van der Waals surface area contributed by atoms with E-state index in [1.807, 2.05) is 12.1 Å². The lowest BCUT2D eigenvalue weighted by Crippen LogP contribution is -2.33. The Morgan fingerprint density at radius 2 is 1.93 bits per heavy atom. The summed E-state index contributed by atoms with van der Waals surface area (Å²) in [6, 6.07) is 7.45. The largest absolute Gasteiger partial charge is 0.508 e. The van der Waals surface area contributed by atoms with Gasteiger partial charge in [-0.1, -0.05) is 12.1 Å². The van der Waals surface area contributed by atoms with Gasteiger partial charge in [0.1, 0.15) is 5.75 Å². The van der Waals surface area contributed by atoms with Crippen molar-refractivity contribution in [3.63, 3.8) is 0 Å². The van der Waals surface area contributed by atoms with E-state index in [4.69, 9.17) is 4.74 Å². The quantitative estimate of drug-likeness (QED) is 0.701. The Labute approximate surface area is 87.3 Å². The number of ether oxygens (including phenoxy) is 1. The van der Waals surface area contributed by atoms with Gasteiger partial charge < -0.3 is 9.84 Å². The van der Waals surface area contributed by atoms with Gasteiger partial charge in [-0.25, -0.2) is 0 Å². The number of phenolic OH excluding ortho intramolecular Hbond substituents is 1. The second-order valence-corrected chi connectivity index (χ2v) is 5.70. The minimum Gasteiger partial charge on any atom is -0.508 e. The standard InChI is InChI=1S/C11H16O2Si/c12-10-5-3-9(4-6-10)11(14)7-1-2-8-13-11/h3-6,12H,1-2,7-8H2,14H3. The van der Waals surface area contributed by atoms with Gasteiger partial charge in [0.05, 0.1) is 5.22 Å². The van der Waals surface area contributed by atoms with Gasteiger partial charge in [0.15, 0.2) is 0 Å². The molecular weight excluding hydrogens is 192 g/mol. The Bertz CT molecular complexity index is 302. The Morgan fingerprint density at radius 1 is 1.21 bits per heavy atom. The summed E-state index contributed by atoms with van der Waals surface area (Å²) < 4.78 is 5.87. The van der Waals surface area contributed by atoms with Gasteiger partial charge in [0, 0.05) is 16.8 Å². The molecule has 1 aromatic rings. The van der Waals surface area contributed by atoms with E-state index in [1.165, 1.54) is 18.4 Å². The van der Waals surface area contributed by atoms with Gasteiger partial charge in [-0.3, -0.25) is 0 Å². The molecule has 0 radical (unpaired) electrons. The van der Waals surface area contributed by atoms with Gasteiger partial charge in [0.25, 0.3) is 0 Å². The lowest BCUT2D eigenvalue weighted by molar-refractivity contribution is -0.0210. The van der Waals surface area contributed by atoms with E-state index in [2.05, 4.69) is 0 Å². The number of hydrogen-bond donors (Lipinski definition) is 1. The van der Waals surface area contributed by atoms with Crippen molar-refractivity contribution in [2.24, 2.45) is 0 Å². The zero-order valence-corrected chi connectivity index (χ0v) is 10.5. The molecule has 1 saturated heterocycles. The van der Waals surface area contributed by atoms with Crippen LogP contribution in [0.3, 0.4) is 0 Å². The molecule has 0 amide bonds. The molecule has 0 saturated carbocycles. The number of hydrogen-bond acceptors (Lipinski definition) is 2. The van der Waals surface area contributed by atoms with Gasteiger partial charge in [-0.05, 0) is 37.0 Å². The van der Waals surface area contributed by atoms with E-state index in [9.17, 15) is 5.11 Å². The van der Waals surface area contributed by atoms with Crippen LogP contribution >= 0.6 is 0 Å². The van der Waals surface area contributed by atoms with Crippen molar-refractivity contribution in [2.45, 2.75) is 24.5 Å². The molecule has 1 N–H and O–H groups in total. The fourth-order valence-corrected chi connectivity index (χ4v) is 2.87. The lowest BCUT2D eigenvalue weighted by Gasteiger charge is -2.34. The van der Waals surface area contributed by atoms with Crippen molar-refractivity contribution >= 4 is 10.2 Å². The molecule has 0 aromatic heterocycles. The van der Waals surface area contributed by atoms with Crippen LogP contribution in [-0.2, 0) is 9.96 Å². The number of benzene rings is 1. The van der Waals surface area contributed by atoms with Crippen molar-refractivity contribution < 1.29 is 9.84 Å². The third-order valence-electron chi connectivity index (χ3n) is 2.95. The van der Waals surface area contributed by atoms with Crippen LogP contribution in [0.1, 0.15) is 24.8 Å². The molecule has 1 aromatic carbocycles. The van der Waals surface area contributed by atoms with Gasteiger partial charge in [-0.2, -0.15) is 0 Å². The second kappa shape index (κ2) is 3.75. The first-order valence-corrected chi connectivity index (χ1v) is 6.14. The molecule has 76 valence electrons. The summed E-state index contributed by atoms with van der Waals surface area (Å²) in [5.41, 5.74) is 1.22. The van der Waals surface area contributed by atoms with Crippen LogP contribution in [0.5, 0.6) is 5.75 Å². The monoisotopic (exact) mass is 208 g/mol. The summed E-state index contributed by atoms with van der Waals surface area (Å²) in [4.78, 5) is 0. The first-order chi connectivity index (χ1) is 6.71. The minimum atomic E-state index is -0.00799. The molecule has 1 fully saturated rings. The van der Waals surface area contributed by atoms with Crippen molar-refractivity contribution in [3.05, 3.63) is 29.8 Å². The molecule has 2 nitrogen and oxygen atoms in total. The first-order valence-electron chi connectivity index (χ1n) is 5.14. The molecule has 1 heterocycles. The average Bonchev–Trinajstić information content (AvgIpc) is 2.19. The Hall–Kier alpha value is -0.803. The predicted molar refractivity (Wildman–Crippen MR) is 59.5 cm³/mol. The molecular formula is C11H16O2Si. The summed E-state index contributed by atoms with van der Waals surface area (Å²) in [5, 5.41) is 9.20. The highest BCUT2D eigenvalue weighted by Crippen LogP contribution is 2.32. The number of rotatable bonds is 1. The minimum absolute atomic E-state index is 0.00799. The molecule has 3 heteroatoms. The van der Waals surface area contributed by atoms with Crippen molar-refractivity contribution in [3.8, 4) is 5.75 Å². The topological polar surface area (TPSA) is 29.5 Å². The van der Waals surface area contributed by atoms with Crippen LogP contribution < -0.4 is 0 Å². The fourth-order valence-electron chi connectivity index (χ4n) is 1.98. The normalized spacial score (nSPS) is 27.7. The van der Waals surface area contributed by atoms with E-state index in [0.717, 1.165) is 23.3 Å². The molecule has 14 heavy (non-hydrogen) atoms. The summed E-state index contributed by atoms with van der Waals surface area (Å²) in [7, 11) is 1.01. The zero-order valence-electron chi connectivity index (χ0n) is 8.49. The average molecular weight is 208 g/mol. The molecule has 2 rings (SSSR count). The van der Waals surface area contributed by atoms with Crippen LogP contribution in [0.15, 0.2) is 24.3 Å². The maximum atomic E-state index is 9.21. The molecule has 0 spiro atoms. The van der Waals surface area contributed by atoms with E-state index in [-0.39, 0.29) is 5.22 Å². The first kappa shape index (κ1) is 9.74. The predicted octanol–water partition coefficient (Wildman–Crippen LogP) is 1.11. The highest BCUT2D eigenvalue weighted by atomic mass is 28.1. The number of aromatic hydroxyl groups is 1. The smallest absolute Gasteiger partial charge is 0.115 e. The number of phenols is 1. The molecule has 0 bridgehead atoms. The SMILES string of the molecule is Oc1ccc(C2([SiH3])CCCCO2)cc1. The van der Waals surface area contributed by atoms with Gasteiger partial charge in [0.2, 0.25) is 0 Å². The Kier molecular flexibility index (Phi) is 2.61. The van der Waals surface area contributed by atoms with Crippen LogP contribution in [0.2, 0.25) is 0 Å². The van der Waals surface area contributed by atoms with Gasteiger partial charge >= 0.3 is 0 Å². The molecule has 0 aliphatic carbocycles. The lowest BCUT2D eigenvalue weighted by atomic mass is 10.0. The van der Waals surface area contributed by atoms with E-state index < -0.39 is 0 Å². The Morgan fingerprint density at radius 3 is 2.50 bits per heavy atom. The maximum absolute atomic E-state index is 9.21. The van der Waals surface area contributed by atoms with Crippen molar-refractivity contribution in [1.29, 1.82) is 0 Å². The van der Waals surface area contributed by atoms with Crippen molar-refractivity contribution in [1.82, 2.24) is 0 Å². The highest BCUT2D eigenvalue weighted by Gasteiger charge is 2.29. The maximum Gasteiger partial charge on any atom is 0.115 e. The summed E-state index contributed by atoms with van der Waals surface area (Å²) in [6.45, 7) is 0.879. The molecule has 1 aliphatic heterocycles. The summed E-state index contributed by atoms with van der Waals surface area (Å²) >= 11 is 0. The summed E-state index contributed by atoms with van der Waals surface area (Å²) in [6.07, 6.45) is 3.57. The second-order valence-electron chi connectivity index (χ2n) is 4.08. The molecule has 1 unspecified atom stereocenters. The van der Waals surface area contributed by atoms with Crippen molar-refractivity contribution in [2.75, 3.05) is 6.61 Å². The van der Waals surface area contributed by atoms with Crippen LogP contribution in [0.25, 0.3) is 0 Å².